The van der Waals surface area contributed by atoms with Gasteiger partial charge in [0.15, 0.2) is 0 Å². The number of ether oxygens (including phenoxy) is 2. The molecule has 0 fully saturated rings. The summed E-state index contributed by atoms with van der Waals surface area (Å²) in [5, 5.41) is 0. The van der Waals surface area contributed by atoms with Crippen molar-refractivity contribution in [2.24, 2.45) is 0 Å². The van der Waals surface area contributed by atoms with Crippen molar-refractivity contribution in [3.05, 3.63) is 57.8 Å². The molecule has 0 atom stereocenters. The van der Waals surface area contributed by atoms with Crippen LogP contribution in [0.1, 0.15) is 17.0 Å². The topological polar surface area (TPSA) is 36.3 Å². The highest BCUT2D eigenvalue weighted by molar-refractivity contribution is 9.10. The van der Waals surface area contributed by atoms with Crippen LogP contribution < -0.4 is 4.74 Å². The van der Waals surface area contributed by atoms with Crippen LogP contribution in [0.25, 0.3) is 11.0 Å². The van der Waals surface area contributed by atoms with Crippen LogP contribution in [0.3, 0.4) is 0 Å². The lowest BCUT2D eigenvalue weighted by Crippen LogP contribution is -2.15. The van der Waals surface area contributed by atoms with E-state index in [2.05, 4.69) is 20.9 Å². The van der Waals surface area contributed by atoms with Crippen LogP contribution in [0.2, 0.25) is 0 Å². The second-order valence-corrected chi connectivity index (χ2v) is 6.43. The highest BCUT2D eigenvalue weighted by Gasteiger charge is 2.20. The van der Waals surface area contributed by atoms with Gasteiger partial charge in [-0.2, -0.15) is 8.78 Å². The van der Waals surface area contributed by atoms with Crippen LogP contribution in [0.5, 0.6) is 5.75 Å². The third-order valence-electron chi connectivity index (χ3n) is 4.04. The summed E-state index contributed by atoms with van der Waals surface area (Å²) in [5.74, 6) is 0.941. The SMILES string of the molecule is FC(F)Oc1cccc2c1Cn1c(nc3ccc(Br)cc31)COC2. The van der Waals surface area contributed by atoms with Crippen LogP contribution in [0.15, 0.2) is 40.9 Å². The highest BCUT2D eigenvalue weighted by Crippen LogP contribution is 2.30. The molecule has 0 spiro atoms. The molecule has 124 valence electrons. The first kappa shape index (κ1) is 15.5. The Kier molecular flexibility index (Phi) is 3.97. The van der Waals surface area contributed by atoms with Crippen molar-refractivity contribution in [2.45, 2.75) is 26.4 Å². The number of nitrogens with zero attached hydrogens (tertiary/aromatic N) is 2. The van der Waals surface area contributed by atoms with Crippen molar-refractivity contribution in [1.29, 1.82) is 0 Å². The fourth-order valence-corrected chi connectivity index (χ4v) is 3.32. The Hall–Kier alpha value is -1.99. The second-order valence-electron chi connectivity index (χ2n) is 5.51. The molecule has 0 unspecified atom stereocenters. The number of alkyl halides is 2. The van der Waals surface area contributed by atoms with Gasteiger partial charge in [-0.3, -0.25) is 0 Å². The maximum absolute atomic E-state index is 12.7. The van der Waals surface area contributed by atoms with Gasteiger partial charge < -0.3 is 14.0 Å². The number of halogens is 3. The largest absolute Gasteiger partial charge is 0.434 e. The number of hydrogen-bond donors (Lipinski definition) is 0. The van der Waals surface area contributed by atoms with Crippen LogP contribution in [-0.4, -0.2) is 16.2 Å². The van der Waals surface area contributed by atoms with Gasteiger partial charge in [-0.05, 0) is 29.8 Å². The molecule has 0 bridgehead atoms. The predicted molar refractivity (Wildman–Crippen MR) is 88.1 cm³/mol. The van der Waals surface area contributed by atoms with Crippen molar-refractivity contribution in [2.75, 3.05) is 0 Å². The maximum Gasteiger partial charge on any atom is 0.387 e. The normalized spacial score (nSPS) is 14.2. The molecule has 0 saturated carbocycles. The summed E-state index contributed by atoms with van der Waals surface area (Å²) in [6.07, 6.45) is 0. The smallest absolute Gasteiger partial charge is 0.387 e. The lowest BCUT2D eigenvalue weighted by atomic mass is 10.1. The van der Waals surface area contributed by atoms with E-state index in [0.29, 0.717) is 25.3 Å². The molecule has 4 nitrogen and oxygen atoms in total. The van der Waals surface area contributed by atoms with E-state index in [1.54, 1.807) is 12.1 Å². The first-order valence-corrected chi connectivity index (χ1v) is 8.19. The summed E-state index contributed by atoms with van der Waals surface area (Å²) in [4.78, 5) is 4.59. The summed E-state index contributed by atoms with van der Waals surface area (Å²) in [6.45, 7) is -1.76. The molecular formula is C17H13BrF2N2O2. The van der Waals surface area contributed by atoms with Gasteiger partial charge in [0.2, 0.25) is 0 Å². The van der Waals surface area contributed by atoms with Crippen molar-refractivity contribution in [1.82, 2.24) is 9.55 Å². The van der Waals surface area contributed by atoms with Crippen LogP contribution in [0.4, 0.5) is 8.78 Å². The van der Waals surface area contributed by atoms with Gasteiger partial charge >= 0.3 is 6.61 Å². The molecule has 4 rings (SSSR count). The summed E-state index contributed by atoms with van der Waals surface area (Å²) in [5.41, 5.74) is 3.30. The number of benzene rings is 2. The Morgan fingerprint density at radius 3 is 2.92 bits per heavy atom. The molecule has 0 radical (unpaired) electrons. The maximum atomic E-state index is 12.7. The van der Waals surface area contributed by atoms with Crippen molar-refractivity contribution >= 4 is 27.0 Å². The third kappa shape index (κ3) is 2.78. The van der Waals surface area contributed by atoms with Crippen LogP contribution in [0, 0.1) is 0 Å². The highest BCUT2D eigenvalue weighted by atomic mass is 79.9. The zero-order valence-electron chi connectivity index (χ0n) is 12.5. The van der Waals surface area contributed by atoms with Gasteiger partial charge in [-0.25, -0.2) is 4.98 Å². The van der Waals surface area contributed by atoms with Crippen molar-refractivity contribution in [3.63, 3.8) is 0 Å². The van der Waals surface area contributed by atoms with E-state index in [1.807, 2.05) is 28.8 Å². The molecule has 2 aromatic carbocycles. The monoisotopic (exact) mass is 394 g/mol. The van der Waals surface area contributed by atoms with E-state index in [4.69, 9.17) is 9.47 Å². The minimum absolute atomic E-state index is 0.177. The molecule has 1 aliphatic heterocycles. The average molecular weight is 395 g/mol. The van der Waals surface area contributed by atoms with E-state index >= 15 is 0 Å². The fourth-order valence-electron chi connectivity index (χ4n) is 2.97. The van der Waals surface area contributed by atoms with Crippen molar-refractivity contribution in [3.8, 4) is 5.75 Å². The summed E-state index contributed by atoms with van der Waals surface area (Å²) < 4.78 is 38.8. The molecule has 0 saturated heterocycles. The molecule has 1 aliphatic rings. The molecule has 2 heterocycles. The third-order valence-corrected chi connectivity index (χ3v) is 4.53. The Labute approximate surface area is 145 Å². The van der Waals surface area contributed by atoms with E-state index in [0.717, 1.165) is 26.9 Å². The molecule has 24 heavy (non-hydrogen) atoms. The minimum atomic E-state index is -2.86. The zero-order valence-corrected chi connectivity index (χ0v) is 14.1. The average Bonchev–Trinajstić information content (AvgIpc) is 2.83. The lowest BCUT2D eigenvalue weighted by molar-refractivity contribution is -0.0507. The summed E-state index contributed by atoms with van der Waals surface area (Å²) >= 11 is 3.46. The van der Waals surface area contributed by atoms with Gasteiger partial charge in [0.1, 0.15) is 18.2 Å². The predicted octanol–water partition coefficient (Wildman–Crippen LogP) is 4.48. The number of imidazole rings is 1. The van der Waals surface area contributed by atoms with Crippen LogP contribution in [-0.2, 0) is 24.5 Å². The molecule has 0 amide bonds. The Morgan fingerprint density at radius 1 is 1.21 bits per heavy atom. The van der Waals surface area contributed by atoms with Gasteiger partial charge in [0.05, 0.1) is 24.2 Å². The summed E-state index contributed by atoms with van der Waals surface area (Å²) in [7, 11) is 0. The first-order chi connectivity index (χ1) is 11.6. The standard InChI is InChI=1S/C17H13BrF2N2O2/c18-11-4-5-13-14(6-11)22-7-12-10(8-23-9-16(22)21-13)2-1-3-15(12)24-17(19)20/h1-6,17H,7-9H2. The second kappa shape index (κ2) is 6.14. The molecule has 3 aromatic rings. The lowest BCUT2D eigenvalue weighted by Gasteiger charge is -2.20. The molecular weight excluding hydrogens is 382 g/mol. The quantitative estimate of drug-likeness (QED) is 0.642. The number of fused-ring (bicyclic) bond motifs is 4. The Bertz CT molecular complexity index is 911. The number of hydrogen-bond acceptors (Lipinski definition) is 3. The Morgan fingerprint density at radius 2 is 2.08 bits per heavy atom. The van der Waals surface area contributed by atoms with Gasteiger partial charge in [-0.15, -0.1) is 0 Å². The molecule has 7 heteroatoms. The van der Waals surface area contributed by atoms with Gasteiger partial charge in [-0.1, -0.05) is 28.1 Å². The first-order valence-electron chi connectivity index (χ1n) is 7.40. The van der Waals surface area contributed by atoms with Crippen molar-refractivity contribution < 1.29 is 18.3 Å². The van der Waals surface area contributed by atoms with E-state index in [1.165, 1.54) is 0 Å². The number of aromatic nitrogens is 2. The zero-order chi connectivity index (χ0) is 16.7. The minimum Gasteiger partial charge on any atom is -0.434 e. The number of rotatable bonds is 2. The molecule has 0 aliphatic carbocycles. The van der Waals surface area contributed by atoms with Crippen LogP contribution >= 0.6 is 15.9 Å². The molecule has 1 aromatic heterocycles. The summed E-state index contributed by atoms with van der Waals surface area (Å²) in [6, 6.07) is 10.9. The Balaban J connectivity index is 1.87. The van der Waals surface area contributed by atoms with E-state index < -0.39 is 6.61 Å². The molecule has 0 N–H and O–H groups in total. The fraction of sp³-hybridized carbons (Fsp3) is 0.235. The van der Waals surface area contributed by atoms with Gasteiger partial charge in [0.25, 0.3) is 0 Å². The van der Waals surface area contributed by atoms with E-state index in [9.17, 15) is 8.78 Å². The van der Waals surface area contributed by atoms with Gasteiger partial charge in [0, 0.05) is 10.0 Å². The van der Waals surface area contributed by atoms with E-state index in [-0.39, 0.29) is 5.75 Å².